The maximum Gasteiger partial charge on any atom is 0.416 e. The summed E-state index contributed by atoms with van der Waals surface area (Å²) in [6.45, 7) is 4.31. The molecule has 0 saturated carbocycles. The fourth-order valence-corrected chi connectivity index (χ4v) is 3.30. The van der Waals surface area contributed by atoms with Crippen LogP contribution in [-0.4, -0.2) is 26.8 Å². The van der Waals surface area contributed by atoms with Crippen molar-refractivity contribution >= 4 is 9.84 Å². The van der Waals surface area contributed by atoms with Crippen molar-refractivity contribution in [3.05, 3.63) is 29.8 Å². The van der Waals surface area contributed by atoms with Gasteiger partial charge < -0.3 is 5.32 Å². The first-order valence-corrected chi connectivity index (χ1v) is 7.95. The lowest BCUT2D eigenvalue weighted by Crippen LogP contribution is -2.33. The molecule has 7 heteroatoms. The van der Waals surface area contributed by atoms with Crippen LogP contribution in [0.1, 0.15) is 25.8 Å². The largest absolute Gasteiger partial charge is 0.416 e. The van der Waals surface area contributed by atoms with Crippen LogP contribution in [-0.2, 0) is 16.0 Å². The van der Waals surface area contributed by atoms with E-state index in [-0.39, 0.29) is 16.7 Å². The highest BCUT2D eigenvalue weighted by Crippen LogP contribution is 2.30. The minimum Gasteiger partial charge on any atom is -0.313 e. The standard InChI is InChI=1S/C13H18F3NO2S/c1-3-7-17-10(2)9-20(18,19)12-6-4-5-11(8-12)13(14,15)16/h4-6,8,10,17H,3,7,9H2,1-2H3. The monoisotopic (exact) mass is 309 g/mol. The predicted octanol–water partition coefficient (Wildman–Crippen LogP) is 2.87. The fraction of sp³-hybridized carbons (Fsp3) is 0.538. The summed E-state index contributed by atoms with van der Waals surface area (Å²) in [7, 11) is -3.74. The number of hydrogen-bond acceptors (Lipinski definition) is 3. The van der Waals surface area contributed by atoms with Crippen LogP contribution in [0.25, 0.3) is 0 Å². The van der Waals surface area contributed by atoms with Gasteiger partial charge in [-0.2, -0.15) is 13.2 Å². The van der Waals surface area contributed by atoms with Gasteiger partial charge in [0.15, 0.2) is 9.84 Å². The van der Waals surface area contributed by atoms with E-state index in [0.29, 0.717) is 12.6 Å². The van der Waals surface area contributed by atoms with Crippen LogP contribution in [0, 0.1) is 0 Å². The number of nitrogens with one attached hydrogen (secondary N) is 1. The number of alkyl halides is 3. The zero-order chi connectivity index (χ0) is 15.4. The topological polar surface area (TPSA) is 46.2 Å². The van der Waals surface area contributed by atoms with Crippen molar-refractivity contribution in [3.63, 3.8) is 0 Å². The van der Waals surface area contributed by atoms with Crippen molar-refractivity contribution in [1.29, 1.82) is 0 Å². The Kier molecular flexibility index (Phi) is 5.59. The molecular weight excluding hydrogens is 291 g/mol. The summed E-state index contributed by atoms with van der Waals surface area (Å²) in [5.41, 5.74) is -0.951. The minimum absolute atomic E-state index is 0.228. The fourth-order valence-electron chi connectivity index (χ4n) is 1.74. The molecule has 1 N–H and O–H groups in total. The van der Waals surface area contributed by atoms with Crippen LogP contribution in [0.5, 0.6) is 0 Å². The minimum atomic E-state index is -4.54. The molecule has 20 heavy (non-hydrogen) atoms. The average Bonchev–Trinajstić information content (AvgIpc) is 2.35. The first-order chi connectivity index (χ1) is 9.16. The summed E-state index contributed by atoms with van der Waals surface area (Å²) >= 11 is 0. The maximum atomic E-state index is 12.6. The highest BCUT2D eigenvalue weighted by atomic mass is 32.2. The Morgan fingerprint density at radius 1 is 1.30 bits per heavy atom. The van der Waals surface area contributed by atoms with Gasteiger partial charge in [0.05, 0.1) is 16.2 Å². The third-order valence-corrected chi connectivity index (χ3v) is 4.64. The molecule has 1 rings (SSSR count). The van der Waals surface area contributed by atoms with Gasteiger partial charge in [0.1, 0.15) is 0 Å². The Morgan fingerprint density at radius 2 is 1.95 bits per heavy atom. The van der Waals surface area contributed by atoms with E-state index < -0.39 is 21.6 Å². The van der Waals surface area contributed by atoms with E-state index >= 15 is 0 Å². The van der Waals surface area contributed by atoms with E-state index in [2.05, 4.69) is 5.32 Å². The third-order valence-electron chi connectivity index (χ3n) is 2.73. The molecule has 114 valence electrons. The molecule has 0 saturated heterocycles. The second-order valence-electron chi connectivity index (χ2n) is 4.66. The molecule has 0 bridgehead atoms. The molecule has 1 unspecified atom stereocenters. The molecule has 1 aromatic carbocycles. The number of benzene rings is 1. The summed E-state index contributed by atoms with van der Waals surface area (Å²) in [6.07, 6.45) is -3.69. The van der Waals surface area contributed by atoms with Gasteiger partial charge in [-0.1, -0.05) is 13.0 Å². The molecule has 0 fully saturated rings. The van der Waals surface area contributed by atoms with Crippen molar-refractivity contribution in [3.8, 4) is 0 Å². The predicted molar refractivity (Wildman–Crippen MR) is 71.3 cm³/mol. The lowest BCUT2D eigenvalue weighted by Gasteiger charge is -2.14. The molecule has 0 aliphatic carbocycles. The molecule has 1 atom stereocenters. The van der Waals surface area contributed by atoms with Crippen molar-refractivity contribution in [2.45, 2.75) is 37.4 Å². The zero-order valence-corrected chi connectivity index (χ0v) is 12.2. The summed E-state index contributed by atoms with van der Waals surface area (Å²) in [4.78, 5) is -0.294. The Labute approximate surface area is 117 Å². The summed E-state index contributed by atoms with van der Waals surface area (Å²) < 4.78 is 61.9. The van der Waals surface area contributed by atoms with Gasteiger partial charge >= 0.3 is 6.18 Å². The molecule has 0 heterocycles. The first kappa shape index (κ1) is 17.0. The number of halogens is 3. The van der Waals surface area contributed by atoms with Gasteiger partial charge in [-0.15, -0.1) is 0 Å². The Bertz CT molecular complexity index is 541. The second kappa shape index (κ2) is 6.58. The molecule has 1 aromatic rings. The van der Waals surface area contributed by atoms with Gasteiger partial charge in [-0.25, -0.2) is 8.42 Å². The Balaban J connectivity index is 2.93. The quantitative estimate of drug-likeness (QED) is 0.879. The van der Waals surface area contributed by atoms with E-state index in [1.807, 2.05) is 6.92 Å². The second-order valence-corrected chi connectivity index (χ2v) is 6.70. The smallest absolute Gasteiger partial charge is 0.313 e. The van der Waals surface area contributed by atoms with Crippen LogP contribution in [0.3, 0.4) is 0 Å². The van der Waals surface area contributed by atoms with E-state index in [1.54, 1.807) is 6.92 Å². The van der Waals surface area contributed by atoms with Crippen molar-refractivity contribution in [1.82, 2.24) is 5.32 Å². The van der Waals surface area contributed by atoms with E-state index in [1.165, 1.54) is 6.07 Å². The lowest BCUT2D eigenvalue weighted by atomic mass is 10.2. The van der Waals surface area contributed by atoms with E-state index in [4.69, 9.17) is 0 Å². The van der Waals surface area contributed by atoms with Crippen molar-refractivity contribution in [2.24, 2.45) is 0 Å². The molecule has 0 amide bonds. The summed E-state index contributed by atoms with van der Waals surface area (Å²) in [6, 6.07) is 3.53. The molecule has 0 spiro atoms. The highest BCUT2D eigenvalue weighted by molar-refractivity contribution is 7.91. The number of hydrogen-bond donors (Lipinski definition) is 1. The van der Waals surface area contributed by atoms with Gasteiger partial charge in [-0.3, -0.25) is 0 Å². The average molecular weight is 309 g/mol. The third kappa shape index (κ3) is 4.79. The Morgan fingerprint density at radius 3 is 2.50 bits per heavy atom. The molecule has 0 radical (unpaired) electrons. The van der Waals surface area contributed by atoms with Crippen LogP contribution in [0.15, 0.2) is 29.2 Å². The molecular formula is C13H18F3NO2S. The van der Waals surface area contributed by atoms with Crippen molar-refractivity contribution < 1.29 is 21.6 Å². The van der Waals surface area contributed by atoms with Crippen molar-refractivity contribution in [2.75, 3.05) is 12.3 Å². The first-order valence-electron chi connectivity index (χ1n) is 6.30. The van der Waals surface area contributed by atoms with E-state index in [9.17, 15) is 21.6 Å². The van der Waals surface area contributed by atoms with Gasteiger partial charge in [-0.05, 0) is 38.1 Å². The Hall–Kier alpha value is -1.08. The zero-order valence-electron chi connectivity index (χ0n) is 11.4. The highest BCUT2D eigenvalue weighted by Gasteiger charge is 2.31. The van der Waals surface area contributed by atoms with Crippen LogP contribution in [0.4, 0.5) is 13.2 Å². The molecule has 0 aromatic heterocycles. The van der Waals surface area contributed by atoms with Gasteiger partial charge in [0, 0.05) is 6.04 Å². The van der Waals surface area contributed by atoms with Crippen LogP contribution < -0.4 is 5.32 Å². The number of rotatable bonds is 6. The summed E-state index contributed by atoms with van der Waals surface area (Å²) in [5.74, 6) is -0.228. The number of sulfone groups is 1. The lowest BCUT2D eigenvalue weighted by molar-refractivity contribution is -0.137. The molecule has 3 nitrogen and oxygen atoms in total. The van der Waals surface area contributed by atoms with Crippen LogP contribution in [0.2, 0.25) is 0 Å². The van der Waals surface area contributed by atoms with E-state index in [0.717, 1.165) is 18.6 Å². The molecule has 0 aliphatic heterocycles. The molecule has 0 aliphatic rings. The SMILES string of the molecule is CCCNC(C)CS(=O)(=O)c1cccc(C(F)(F)F)c1. The van der Waals surface area contributed by atoms with Gasteiger partial charge in [0.2, 0.25) is 0 Å². The maximum absolute atomic E-state index is 12.6. The summed E-state index contributed by atoms with van der Waals surface area (Å²) in [5, 5.41) is 3.00. The van der Waals surface area contributed by atoms with Gasteiger partial charge in [0.25, 0.3) is 0 Å². The van der Waals surface area contributed by atoms with Crippen LogP contribution >= 0.6 is 0 Å². The normalized spacial score (nSPS) is 14.2.